The van der Waals surface area contributed by atoms with E-state index in [2.05, 4.69) is 5.43 Å². The molecule has 12 heavy (non-hydrogen) atoms. The van der Waals surface area contributed by atoms with E-state index in [-0.39, 0.29) is 6.42 Å². The first-order valence-corrected chi connectivity index (χ1v) is 3.38. The summed E-state index contributed by atoms with van der Waals surface area (Å²) in [6, 6.07) is -1.13. The first-order chi connectivity index (χ1) is 5.43. The SMILES string of the molecule is CN(C)NC(=O)C[C@@H](N)C(=O)O. The van der Waals surface area contributed by atoms with Gasteiger partial charge in [0.2, 0.25) is 5.91 Å². The first-order valence-electron chi connectivity index (χ1n) is 3.38. The van der Waals surface area contributed by atoms with Gasteiger partial charge in [-0.15, -0.1) is 0 Å². The predicted molar refractivity (Wildman–Crippen MR) is 42.1 cm³/mol. The van der Waals surface area contributed by atoms with Crippen molar-refractivity contribution >= 4 is 11.9 Å². The highest BCUT2D eigenvalue weighted by molar-refractivity contribution is 5.83. The topological polar surface area (TPSA) is 95.7 Å². The van der Waals surface area contributed by atoms with Crippen LogP contribution < -0.4 is 11.2 Å². The van der Waals surface area contributed by atoms with Crippen molar-refractivity contribution in [3.05, 3.63) is 0 Å². The molecule has 6 heteroatoms. The van der Waals surface area contributed by atoms with E-state index < -0.39 is 17.9 Å². The molecule has 6 nitrogen and oxygen atoms in total. The molecule has 4 N–H and O–H groups in total. The summed E-state index contributed by atoms with van der Waals surface area (Å²) in [6.07, 6.45) is -0.215. The number of hydrogen-bond donors (Lipinski definition) is 3. The zero-order valence-electron chi connectivity index (χ0n) is 7.07. The van der Waals surface area contributed by atoms with Gasteiger partial charge in [-0.25, -0.2) is 5.01 Å². The van der Waals surface area contributed by atoms with Crippen LogP contribution in [0.1, 0.15) is 6.42 Å². The van der Waals surface area contributed by atoms with Gasteiger partial charge in [0.1, 0.15) is 6.04 Å². The van der Waals surface area contributed by atoms with Crippen molar-refractivity contribution in [1.29, 1.82) is 0 Å². The van der Waals surface area contributed by atoms with E-state index in [9.17, 15) is 9.59 Å². The van der Waals surface area contributed by atoms with Crippen molar-refractivity contribution in [2.24, 2.45) is 5.73 Å². The lowest BCUT2D eigenvalue weighted by Crippen LogP contribution is -2.41. The van der Waals surface area contributed by atoms with Crippen molar-refractivity contribution in [3.8, 4) is 0 Å². The molecule has 0 aromatic carbocycles. The Morgan fingerprint density at radius 2 is 2.08 bits per heavy atom. The Morgan fingerprint density at radius 1 is 1.58 bits per heavy atom. The number of carboxylic acids is 1. The third kappa shape index (κ3) is 4.64. The van der Waals surface area contributed by atoms with Crippen LogP contribution in [-0.2, 0) is 9.59 Å². The minimum atomic E-state index is -1.18. The lowest BCUT2D eigenvalue weighted by Gasteiger charge is -2.12. The van der Waals surface area contributed by atoms with Crippen molar-refractivity contribution in [1.82, 2.24) is 10.4 Å². The molecule has 0 aliphatic rings. The Hall–Kier alpha value is -1.14. The van der Waals surface area contributed by atoms with E-state index >= 15 is 0 Å². The van der Waals surface area contributed by atoms with Crippen LogP contribution in [0.5, 0.6) is 0 Å². The minimum Gasteiger partial charge on any atom is -0.480 e. The van der Waals surface area contributed by atoms with Crippen LogP contribution in [-0.4, -0.2) is 42.1 Å². The van der Waals surface area contributed by atoms with Gasteiger partial charge in [0.25, 0.3) is 0 Å². The number of nitrogens with zero attached hydrogens (tertiary/aromatic N) is 1. The molecule has 0 aromatic heterocycles. The Bertz CT molecular complexity index is 181. The lowest BCUT2D eigenvalue weighted by molar-refractivity contribution is -0.141. The second-order valence-electron chi connectivity index (χ2n) is 2.58. The Labute approximate surface area is 70.3 Å². The number of amides is 1. The second kappa shape index (κ2) is 4.68. The number of carbonyl (C=O) groups excluding carboxylic acids is 1. The van der Waals surface area contributed by atoms with Crippen molar-refractivity contribution in [3.63, 3.8) is 0 Å². The molecule has 0 rings (SSSR count). The molecular formula is C6H13N3O3. The van der Waals surface area contributed by atoms with Crippen LogP contribution in [0.15, 0.2) is 0 Å². The molecule has 70 valence electrons. The molecule has 1 amide bonds. The highest BCUT2D eigenvalue weighted by atomic mass is 16.4. The van der Waals surface area contributed by atoms with Gasteiger partial charge < -0.3 is 10.8 Å². The smallest absolute Gasteiger partial charge is 0.321 e. The van der Waals surface area contributed by atoms with Gasteiger partial charge in [0, 0.05) is 14.1 Å². The summed E-state index contributed by atoms with van der Waals surface area (Å²) in [6.45, 7) is 0. The monoisotopic (exact) mass is 175 g/mol. The number of hydrazine groups is 1. The molecule has 1 atom stereocenters. The molecule has 0 saturated carbocycles. The standard InChI is InChI=1S/C6H13N3O3/c1-9(2)8-5(10)3-4(7)6(11)12/h4H,3,7H2,1-2H3,(H,8,10)(H,11,12)/t4-/m1/s1. The van der Waals surface area contributed by atoms with Crippen molar-refractivity contribution < 1.29 is 14.7 Å². The maximum absolute atomic E-state index is 10.9. The molecule has 0 spiro atoms. The molecular weight excluding hydrogens is 162 g/mol. The van der Waals surface area contributed by atoms with Crippen LogP contribution in [0.2, 0.25) is 0 Å². The average molecular weight is 175 g/mol. The molecule has 0 heterocycles. The molecule has 0 aromatic rings. The van der Waals surface area contributed by atoms with Crippen LogP contribution in [0.4, 0.5) is 0 Å². The predicted octanol–water partition coefficient (Wildman–Crippen LogP) is -1.62. The highest BCUT2D eigenvalue weighted by Crippen LogP contribution is 1.87. The number of aliphatic carboxylic acids is 1. The van der Waals surface area contributed by atoms with Gasteiger partial charge in [0.05, 0.1) is 6.42 Å². The summed E-state index contributed by atoms with van der Waals surface area (Å²) in [7, 11) is 3.26. The van der Waals surface area contributed by atoms with Gasteiger partial charge >= 0.3 is 5.97 Å². The summed E-state index contributed by atoms with van der Waals surface area (Å²) in [4.78, 5) is 21.1. The van der Waals surface area contributed by atoms with Gasteiger partial charge in [-0.05, 0) is 0 Å². The van der Waals surface area contributed by atoms with Gasteiger partial charge in [-0.1, -0.05) is 0 Å². The van der Waals surface area contributed by atoms with E-state index in [1.54, 1.807) is 14.1 Å². The van der Waals surface area contributed by atoms with Crippen LogP contribution in [0.25, 0.3) is 0 Å². The number of carboxylic acid groups (broad SMARTS) is 1. The zero-order valence-corrected chi connectivity index (χ0v) is 7.07. The number of rotatable bonds is 4. The number of hydrogen-bond acceptors (Lipinski definition) is 4. The Balaban J connectivity index is 3.77. The molecule has 0 radical (unpaired) electrons. The highest BCUT2D eigenvalue weighted by Gasteiger charge is 2.15. The van der Waals surface area contributed by atoms with E-state index in [0.29, 0.717) is 0 Å². The number of nitrogens with two attached hydrogens (primary N) is 1. The number of nitrogens with one attached hydrogen (secondary N) is 1. The fourth-order valence-electron chi connectivity index (χ4n) is 0.582. The van der Waals surface area contributed by atoms with Crippen LogP contribution in [0.3, 0.4) is 0 Å². The summed E-state index contributed by atoms with van der Waals surface area (Å²) in [5.74, 6) is -1.58. The van der Waals surface area contributed by atoms with E-state index in [4.69, 9.17) is 10.8 Å². The summed E-state index contributed by atoms with van der Waals surface area (Å²) in [5.41, 5.74) is 7.49. The summed E-state index contributed by atoms with van der Waals surface area (Å²) < 4.78 is 0. The average Bonchev–Trinajstić information content (AvgIpc) is 1.84. The second-order valence-corrected chi connectivity index (χ2v) is 2.58. The van der Waals surface area contributed by atoms with E-state index in [1.165, 1.54) is 5.01 Å². The van der Waals surface area contributed by atoms with E-state index in [1.807, 2.05) is 0 Å². The fourth-order valence-corrected chi connectivity index (χ4v) is 0.582. The lowest BCUT2D eigenvalue weighted by atomic mass is 10.2. The quantitative estimate of drug-likeness (QED) is 0.446. The van der Waals surface area contributed by atoms with Crippen LogP contribution >= 0.6 is 0 Å². The largest absolute Gasteiger partial charge is 0.480 e. The van der Waals surface area contributed by atoms with Gasteiger partial charge in [-0.2, -0.15) is 0 Å². The fraction of sp³-hybridized carbons (Fsp3) is 0.667. The van der Waals surface area contributed by atoms with Crippen molar-refractivity contribution in [2.75, 3.05) is 14.1 Å². The van der Waals surface area contributed by atoms with Crippen LogP contribution in [0, 0.1) is 0 Å². The Morgan fingerprint density at radius 3 is 2.42 bits per heavy atom. The normalized spacial score (nSPS) is 12.7. The first kappa shape index (κ1) is 10.9. The molecule has 0 saturated heterocycles. The summed E-state index contributed by atoms with van der Waals surface area (Å²) in [5, 5.41) is 9.77. The van der Waals surface area contributed by atoms with Gasteiger partial charge in [-0.3, -0.25) is 15.0 Å². The van der Waals surface area contributed by atoms with Crippen molar-refractivity contribution in [2.45, 2.75) is 12.5 Å². The molecule has 0 fully saturated rings. The zero-order chi connectivity index (χ0) is 9.72. The molecule has 0 aliphatic heterocycles. The Kier molecular flexibility index (Phi) is 4.24. The molecule has 0 aliphatic carbocycles. The number of carbonyl (C=O) groups is 2. The third-order valence-corrected chi connectivity index (χ3v) is 1.07. The molecule has 0 bridgehead atoms. The summed E-state index contributed by atoms with van der Waals surface area (Å²) >= 11 is 0. The molecule has 0 unspecified atom stereocenters. The maximum Gasteiger partial charge on any atom is 0.321 e. The third-order valence-electron chi connectivity index (χ3n) is 1.07. The van der Waals surface area contributed by atoms with Gasteiger partial charge in [0.15, 0.2) is 0 Å². The minimum absolute atomic E-state index is 0.215. The van der Waals surface area contributed by atoms with E-state index in [0.717, 1.165) is 0 Å². The maximum atomic E-state index is 10.9.